The van der Waals surface area contributed by atoms with Crippen LogP contribution < -0.4 is 10.0 Å². The molecule has 1 heterocycles. The minimum absolute atomic E-state index is 0.0629. The van der Waals surface area contributed by atoms with Gasteiger partial charge in [0.25, 0.3) is 0 Å². The van der Waals surface area contributed by atoms with E-state index in [0.29, 0.717) is 11.4 Å². The lowest BCUT2D eigenvalue weighted by Gasteiger charge is -2.30. The number of hydrogen-bond acceptors (Lipinski definition) is 7. The number of azo groups is 1. The fourth-order valence-electron chi connectivity index (χ4n) is 3.91. The van der Waals surface area contributed by atoms with E-state index >= 15 is 0 Å². The van der Waals surface area contributed by atoms with E-state index in [9.17, 15) is 18.3 Å². The van der Waals surface area contributed by atoms with Crippen molar-refractivity contribution in [3.05, 3.63) is 42.2 Å². The first kappa shape index (κ1) is 23.6. The van der Waals surface area contributed by atoms with Crippen LogP contribution in [0.3, 0.4) is 0 Å². The number of sulfonamides is 1. The number of nitrogens with zero attached hydrogens (tertiary/aromatic N) is 4. The highest BCUT2D eigenvalue weighted by atomic mass is 32.2. The van der Waals surface area contributed by atoms with E-state index in [4.69, 9.17) is 0 Å². The maximum Gasteiger partial charge on any atom is 0.243 e. The number of carbonyl (C=O) groups is 1. The summed E-state index contributed by atoms with van der Waals surface area (Å²) >= 11 is 0. The van der Waals surface area contributed by atoms with E-state index in [0.717, 1.165) is 37.4 Å². The normalized spacial score (nSPS) is 19.2. The van der Waals surface area contributed by atoms with E-state index in [2.05, 4.69) is 31.9 Å². The van der Waals surface area contributed by atoms with Gasteiger partial charge < -0.3 is 10.4 Å². The first-order chi connectivity index (χ1) is 15.2. The highest BCUT2D eigenvalue weighted by molar-refractivity contribution is 7.89. The van der Waals surface area contributed by atoms with Crippen molar-refractivity contribution in [3.63, 3.8) is 0 Å². The highest BCUT2D eigenvalue weighted by Crippen LogP contribution is 2.35. The number of amides is 1. The number of hydrogen-bond donors (Lipinski definition) is 3. The number of carbonyl (C=O) groups excluding carboxylic acids is 1. The van der Waals surface area contributed by atoms with E-state index in [1.54, 1.807) is 0 Å². The zero-order valence-corrected chi connectivity index (χ0v) is 19.2. The molecule has 0 aliphatic heterocycles. The Labute approximate surface area is 187 Å². The summed E-state index contributed by atoms with van der Waals surface area (Å²) in [7, 11) is -2.37. The van der Waals surface area contributed by atoms with Crippen LogP contribution in [0.2, 0.25) is 0 Å². The van der Waals surface area contributed by atoms with Crippen molar-refractivity contribution in [1.29, 1.82) is 0 Å². The summed E-state index contributed by atoms with van der Waals surface area (Å²) in [5.74, 6) is -0.465. The molecule has 0 spiro atoms. The smallest absolute Gasteiger partial charge is 0.243 e. The summed E-state index contributed by atoms with van der Waals surface area (Å²) in [6.07, 6.45) is 4.88. The SMILES string of the molecule is C=CC(=O)NC1CCCC(n2nc(C)c(N=Nc3ccc(S(=O)(=O)NC)cc3O)c2C)C1. The predicted octanol–water partition coefficient (Wildman–Crippen LogP) is 3.31. The second-order valence-corrected chi connectivity index (χ2v) is 9.64. The van der Waals surface area contributed by atoms with Gasteiger partial charge in [-0.2, -0.15) is 5.10 Å². The summed E-state index contributed by atoms with van der Waals surface area (Å²) in [4.78, 5) is 11.6. The number of aryl methyl sites for hydroxylation is 1. The zero-order chi connectivity index (χ0) is 23.5. The molecule has 172 valence electrons. The van der Waals surface area contributed by atoms with Crippen LogP contribution in [0.4, 0.5) is 11.4 Å². The molecular weight excluding hydrogens is 432 g/mol. The average Bonchev–Trinajstić information content (AvgIpc) is 3.06. The Morgan fingerprint density at radius 2 is 2.06 bits per heavy atom. The van der Waals surface area contributed by atoms with Gasteiger partial charge in [-0.3, -0.25) is 9.48 Å². The topological polar surface area (TPSA) is 138 Å². The van der Waals surface area contributed by atoms with Crippen molar-refractivity contribution in [2.45, 2.75) is 56.5 Å². The molecule has 0 radical (unpaired) electrons. The summed E-state index contributed by atoms with van der Waals surface area (Å²) < 4.78 is 27.9. The fourth-order valence-corrected chi connectivity index (χ4v) is 4.66. The molecule has 1 aliphatic carbocycles. The summed E-state index contributed by atoms with van der Waals surface area (Å²) in [5, 5.41) is 26.2. The number of nitrogens with one attached hydrogen (secondary N) is 2. The molecule has 1 saturated carbocycles. The van der Waals surface area contributed by atoms with Gasteiger partial charge in [0.05, 0.1) is 22.3 Å². The number of phenols is 1. The van der Waals surface area contributed by atoms with Gasteiger partial charge in [-0.1, -0.05) is 6.58 Å². The van der Waals surface area contributed by atoms with E-state index in [1.807, 2.05) is 18.5 Å². The second kappa shape index (κ2) is 9.61. The molecular formula is C21H28N6O4S. The van der Waals surface area contributed by atoms with Gasteiger partial charge in [-0.25, -0.2) is 13.1 Å². The standard InChI is InChI=1S/C21H28N6O4S/c1-5-20(29)23-15-7-6-8-16(11-15)27-14(3)21(13(2)26-27)25-24-18-10-9-17(12-19(18)28)32(30,31)22-4/h5,9-10,12,15-16,22,28H,1,6-8,11H2,2-4H3,(H,23,29). The van der Waals surface area contributed by atoms with Gasteiger partial charge in [-0.05, 0) is 64.8 Å². The molecule has 1 aromatic carbocycles. The minimum atomic E-state index is -3.67. The molecule has 0 saturated heterocycles. The van der Waals surface area contributed by atoms with Crippen LogP contribution in [0.5, 0.6) is 5.75 Å². The third kappa shape index (κ3) is 5.05. The van der Waals surface area contributed by atoms with Crippen LogP contribution in [-0.4, -0.2) is 42.3 Å². The quantitative estimate of drug-likeness (QED) is 0.430. The van der Waals surface area contributed by atoms with Gasteiger partial charge in [0.2, 0.25) is 15.9 Å². The lowest BCUT2D eigenvalue weighted by molar-refractivity contribution is -0.117. The Morgan fingerprint density at radius 1 is 1.31 bits per heavy atom. The van der Waals surface area contributed by atoms with Crippen molar-refractivity contribution in [1.82, 2.24) is 19.8 Å². The van der Waals surface area contributed by atoms with E-state index < -0.39 is 10.0 Å². The number of rotatable bonds is 7. The molecule has 1 aliphatic rings. The van der Waals surface area contributed by atoms with Crippen LogP contribution in [0, 0.1) is 13.8 Å². The molecule has 1 aromatic heterocycles. The maximum absolute atomic E-state index is 11.9. The van der Waals surface area contributed by atoms with Crippen molar-refractivity contribution >= 4 is 27.3 Å². The number of phenolic OH excluding ortho intramolecular Hbond substituents is 1. The van der Waals surface area contributed by atoms with Crippen LogP contribution in [0.1, 0.15) is 43.1 Å². The van der Waals surface area contributed by atoms with Crippen LogP contribution >= 0.6 is 0 Å². The van der Waals surface area contributed by atoms with Crippen molar-refractivity contribution in [2.75, 3.05) is 7.05 Å². The second-order valence-electron chi connectivity index (χ2n) is 7.75. The molecule has 2 atom stereocenters. The lowest BCUT2D eigenvalue weighted by Crippen LogP contribution is -2.38. The number of aromatic hydroxyl groups is 1. The maximum atomic E-state index is 11.9. The molecule has 0 bridgehead atoms. The average molecular weight is 461 g/mol. The van der Waals surface area contributed by atoms with Gasteiger partial charge in [0.15, 0.2) is 0 Å². The van der Waals surface area contributed by atoms with Gasteiger partial charge in [0.1, 0.15) is 17.1 Å². The van der Waals surface area contributed by atoms with Gasteiger partial charge >= 0.3 is 0 Å². The Morgan fingerprint density at radius 3 is 2.72 bits per heavy atom. The first-order valence-corrected chi connectivity index (χ1v) is 11.8. The summed E-state index contributed by atoms with van der Waals surface area (Å²) in [6.45, 7) is 7.24. The van der Waals surface area contributed by atoms with Crippen LogP contribution in [0.25, 0.3) is 0 Å². The molecule has 2 aromatic rings. The van der Waals surface area contributed by atoms with Crippen molar-refractivity contribution < 1.29 is 18.3 Å². The number of aromatic nitrogens is 2. The first-order valence-electron chi connectivity index (χ1n) is 10.3. The van der Waals surface area contributed by atoms with Crippen LogP contribution in [0.15, 0.2) is 46.0 Å². The lowest BCUT2D eigenvalue weighted by atomic mass is 9.91. The van der Waals surface area contributed by atoms with Crippen LogP contribution in [-0.2, 0) is 14.8 Å². The molecule has 2 unspecified atom stereocenters. The molecule has 10 nitrogen and oxygen atoms in total. The minimum Gasteiger partial charge on any atom is -0.506 e. The number of benzene rings is 1. The van der Waals surface area contributed by atoms with Crippen molar-refractivity contribution in [3.8, 4) is 5.75 Å². The van der Waals surface area contributed by atoms with E-state index in [1.165, 1.54) is 25.3 Å². The Bertz CT molecular complexity index is 1160. The fraction of sp³-hybridized carbons (Fsp3) is 0.429. The monoisotopic (exact) mass is 460 g/mol. The highest BCUT2D eigenvalue weighted by Gasteiger charge is 2.27. The molecule has 1 fully saturated rings. The Kier molecular flexibility index (Phi) is 7.09. The zero-order valence-electron chi connectivity index (χ0n) is 18.4. The Hall–Kier alpha value is -3.05. The third-order valence-corrected chi connectivity index (χ3v) is 7.01. The molecule has 1 amide bonds. The predicted molar refractivity (Wildman–Crippen MR) is 120 cm³/mol. The Balaban J connectivity index is 1.81. The largest absolute Gasteiger partial charge is 0.506 e. The van der Waals surface area contributed by atoms with Gasteiger partial charge in [0, 0.05) is 12.1 Å². The summed E-state index contributed by atoms with van der Waals surface area (Å²) in [5.41, 5.74) is 2.27. The third-order valence-electron chi connectivity index (χ3n) is 5.59. The van der Waals surface area contributed by atoms with Gasteiger partial charge in [-0.15, -0.1) is 10.2 Å². The van der Waals surface area contributed by atoms with Crippen molar-refractivity contribution in [2.24, 2.45) is 10.2 Å². The molecule has 3 rings (SSSR count). The molecule has 3 N–H and O–H groups in total. The van der Waals surface area contributed by atoms with E-state index in [-0.39, 0.29) is 34.3 Å². The molecule has 32 heavy (non-hydrogen) atoms. The molecule has 11 heteroatoms. The summed E-state index contributed by atoms with van der Waals surface area (Å²) in [6, 6.07) is 4.07.